The molecule has 3 aromatic rings. The zero-order valence-corrected chi connectivity index (χ0v) is 25.3. The van der Waals surface area contributed by atoms with Crippen LogP contribution in [-0.2, 0) is 26.1 Å². The zero-order chi connectivity index (χ0) is 28.9. The standard InChI is InChI=1S/C27H31F2IN4O5S/c1-18-21(31-13-12-23(18)39-17-27(28,29)30)16-40(37)25-32-20-10-6-7-11-22(20)34(25)26(36)33(2)14-15-38-24(35)19-8-4-3-5-9-19/h6-7,10-13,19H,3-5,8-9,14-17H2,1-2H3/t40-/m1/s1. The van der Waals surface area contributed by atoms with Crippen molar-refractivity contribution in [2.75, 3.05) is 26.8 Å². The van der Waals surface area contributed by atoms with Gasteiger partial charge in [0.25, 0.3) is 0 Å². The minimum absolute atomic E-state index is 0.0311. The summed E-state index contributed by atoms with van der Waals surface area (Å²) < 4.78 is 49.1. The molecule has 1 aromatic carbocycles. The van der Waals surface area contributed by atoms with E-state index in [0.717, 1.165) is 54.7 Å². The molecule has 2 aromatic heterocycles. The third-order valence-electron chi connectivity index (χ3n) is 6.78. The molecule has 0 bridgehead atoms. The van der Waals surface area contributed by atoms with Crippen molar-refractivity contribution >= 4 is 56.4 Å². The molecule has 0 unspecified atom stereocenters. The smallest absolute Gasteiger partial charge is 0.330 e. The highest BCUT2D eigenvalue weighted by Gasteiger charge is 2.27. The molecule has 216 valence electrons. The predicted molar refractivity (Wildman–Crippen MR) is 154 cm³/mol. The van der Waals surface area contributed by atoms with E-state index >= 15 is 0 Å². The van der Waals surface area contributed by atoms with Gasteiger partial charge in [0.2, 0.25) is 5.16 Å². The second-order valence-corrected chi connectivity index (χ2v) is 12.6. The summed E-state index contributed by atoms with van der Waals surface area (Å²) in [5, 5.41) is 0.0311. The number of rotatable bonds is 10. The van der Waals surface area contributed by atoms with Crippen molar-refractivity contribution in [1.29, 1.82) is 0 Å². The fraction of sp³-hybridized carbons (Fsp3) is 0.481. The van der Waals surface area contributed by atoms with E-state index in [0.29, 0.717) is 22.3 Å². The average molecular weight is 689 g/mol. The van der Waals surface area contributed by atoms with E-state index in [1.54, 1.807) is 38.2 Å². The number of imidazole rings is 1. The van der Waals surface area contributed by atoms with Gasteiger partial charge < -0.3 is 14.4 Å². The zero-order valence-electron chi connectivity index (χ0n) is 22.3. The Kier molecular flexibility index (Phi) is 10.1. The summed E-state index contributed by atoms with van der Waals surface area (Å²) in [6.45, 7) is 1.04. The number of benzene rings is 1. The second-order valence-electron chi connectivity index (χ2n) is 9.70. The molecule has 0 saturated heterocycles. The molecule has 1 amide bonds. The van der Waals surface area contributed by atoms with Gasteiger partial charge in [0, 0.05) is 41.4 Å². The van der Waals surface area contributed by atoms with Gasteiger partial charge in [-0.05, 0) is 38.0 Å². The number of amides is 1. The van der Waals surface area contributed by atoms with Crippen molar-refractivity contribution < 1.29 is 32.1 Å². The van der Waals surface area contributed by atoms with Crippen molar-refractivity contribution in [2.45, 2.75) is 53.9 Å². The predicted octanol–water partition coefficient (Wildman–Crippen LogP) is 5.48. The molecule has 1 aliphatic rings. The van der Waals surface area contributed by atoms with E-state index < -0.39 is 27.4 Å². The summed E-state index contributed by atoms with van der Waals surface area (Å²) >= 11 is 1.00. The topological polar surface area (TPSA) is 104 Å². The van der Waals surface area contributed by atoms with Crippen molar-refractivity contribution in [3.63, 3.8) is 0 Å². The first-order chi connectivity index (χ1) is 19.0. The summed E-state index contributed by atoms with van der Waals surface area (Å²) in [4.78, 5) is 36.1. The molecule has 0 N–H and O–H groups in total. The Morgan fingerprint density at radius 3 is 2.65 bits per heavy atom. The number of likely N-dealkylation sites (N-methyl/N-ethyl adjacent to an activating group) is 1. The lowest BCUT2D eigenvalue weighted by atomic mass is 9.89. The van der Waals surface area contributed by atoms with Crippen LogP contribution < -0.4 is 4.74 Å². The van der Waals surface area contributed by atoms with Crippen molar-refractivity contribution in [2.24, 2.45) is 5.92 Å². The number of hydrogen-bond acceptors (Lipinski definition) is 7. The highest BCUT2D eigenvalue weighted by molar-refractivity contribution is 14.1. The van der Waals surface area contributed by atoms with Crippen LogP contribution in [0.15, 0.2) is 41.7 Å². The molecule has 1 fully saturated rings. The second kappa shape index (κ2) is 13.3. The third kappa shape index (κ3) is 7.53. The normalized spacial score (nSPS) is 15.1. The molecule has 1 saturated carbocycles. The first-order valence-electron chi connectivity index (χ1n) is 13.0. The van der Waals surface area contributed by atoms with Crippen molar-refractivity contribution in [3.05, 3.63) is 47.8 Å². The van der Waals surface area contributed by atoms with Crippen LogP contribution in [0.2, 0.25) is 0 Å². The Hall–Kier alpha value is -2.68. The highest BCUT2D eigenvalue weighted by atomic mass is 127. The van der Waals surface area contributed by atoms with Gasteiger partial charge in [0.1, 0.15) is 12.4 Å². The quantitative estimate of drug-likeness (QED) is 0.158. The van der Waals surface area contributed by atoms with E-state index in [-0.39, 0.29) is 41.7 Å². The van der Waals surface area contributed by atoms with Crippen LogP contribution in [0.4, 0.5) is 13.6 Å². The molecule has 0 aliphatic heterocycles. The minimum Gasteiger partial charge on any atom is -0.486 e. The van der Waals surface area contributed by atoms with Gasteiger partial charge in [0.05, 0.1) is 45.7 Å². The van der Waals surface area contributed by atoms with Crippen LogP contribution in [-0.4, -0.2) is 66.4 Å². The maximum Gasteiger partial charge on any atom is 0.330 e. The minimum atomic E-state index is -3.04. The monoisotopic (exact) mass is 688 g/mol. The molecular formula is C27H31F2IN4O5S. The lowest BCUT2D eigenvalue weighted by Gasteiger charge is -2.22. The molecular weight excluding hydrogens is 657 g/mol. The number of carbonyl (C=O) groups excluding carboxylic acids is 2. The highest BCUT2D eigenvalue weighted by Crippen LogP contribution is 2.28. The first kappa shape index (κ1) is 30.3. The number of carbonyl (C=O) groups is 2. The van der Waals surface area contributed by atoms with Gasteiger partial charge in [-0.25, -0.2) is 14.3 Å². The van der Waals surface area contributed by atoms with Crippen LogP contribution in [0.5, 0.6) is 5.75 Å². The number of ether oxygens (including phenoxy) is 2. The fourth-order valence-electron chi connectivity index (χ4n) is 4.56. The van der Waals surface area contributed by atoms with Crippen molar-refractivity contribution in [3.8, 4) is 5.75 Å². The largest absolute Gasteiger partial charge is 0.486 e. The molecule has 0 spiro atoms. The van der Waals surface area contributed by atoms with E-state index in [1.165, 1.54) is 21.7 Å². The number of esters is 1. The molecule has 1 atom stereocenters. The van der Waals surface area contributed by atoms with Crippen LogP contribution in [0.25, 0.3) is 11.0 Å². The molecule has 9 nitrogen and oxygen atoms in total. The maximum absolute atomic E-state index is 13.6. The first-order valence-corrected chi connectivity index (χ1v) is 15.4. The number of para-hydroxylation sites is 2. The van der Waals surface area contributed by atoms with E-state index in [2.05, 4.69) is 9.97 Å². The summed E-state index contributed by atoms with van der Waals surface area (Å²) in [6.07, 6.45) is 6.24. The molecule has 2 heterocycles. The van der Waals surface area contributed by atoms with Gasteiger partial charge in [-0.3, -0.25) is 14.0 Å². The van der Waals surface area contributed by atoms with Crippen LogP contribution in [0, 0.1) is 12.8 Å². The van der Waals surface area contributed by atoms with Gasteiger partial charge in [0.15, 0.2) is 6.61 Å². The van der Waals surface area contributed by atoms with E-state index in [1.807, 2.05) is 0 Å². The van der Waals surface area contributed by atoms with Gasteiger partial charge in [-0.2, -0.15) is 8.78 Å². The number of fused-ring (bicyclic) bond motifs is 1. The molecule has 1 aliphatic carbocycles. The van der Waals surface area contributed by atoms with E-state index in [9.17, 15) is 22.6 Å². The molecule has 40 heavy (non-hydrogen) atoms. The fourth-order valence-corrected chi connectivity index (χ4v) is 5.96. The van der Waals surface area contributed by atoms with Crippen LogP contribution >= 0.6 is 22.6 Å². The number of hydrogen-bond donors (Lipinski definition) is 0. The Balaban J connectivity index is 1.50. The average Bonchev–Trinajstić information content (AvgIpc) is 3.32. The third-order valence-corrected chi connectivity index (χ3v) is 8.31. The molecule has 0 radical (unpaired) electrons. The maximum atomic E-state index is 13.6. The number of pyridine rings is 1. The van der Waals surface area contributed by atoms with Gasteiger partial charge >= 0.3 is 15.9 Å². The Labute approximate surface area is 247 Å². The summed E-state index contributed by atoms with van der Waals surface area (Å²) in [6, 6.07) is 7.94. The molecule has 4 rings (SSSR count). The van der Waals surface area contributed by atoms with Crippen LogP contribution in [0.1, 0.15) is 43.4 Å². The lowest BCUT2D eigenvalue weighted by Crippen LogP contribution is -2.35. The number of alkyl halides is 3. The van der Waals surface area contributed by atoms with E-state index in [4.69, 9.17) is 9.47 Å². The van der Waals surface area contributed by atoms with Gasteiger partial charge in [-0.1, -0.05) is 31.4 Å². The Bertz CT molecular complexity index is 1390. The lowest BCUT2D eigenvalue weighted by molar-refractivity contribution is -0.149. The number of halogens is 3. The van der Waals surface area contributed by atoms with Gasteiger partial charge in [-0.15, -0.1) is 0 Å². The summed E-state index contributed by atoms with van der Waals surface area (Å²) in [7, 11) is -0.243. The Morgan fingerprint density at radius 2 is 1.93 bits per heavy atom. The SMILES string of the molecule is Cc1c(OCC(F)(F)I)ccnc1C[S@@](=O)c1nc2ccccc2n1C(=O)N(C)CCOC(=O)C1CCCCC1. The molecule has 13 heteroatoms. The number of nitrogens with zero attached hydrogens (tertiary/aromatic N) is 4. The summed E-state index contributed by atoms with van der Waals surface area (Å²) in [5.41, 5.74) is 1.82. The van der Waals surface area contributed by atoms with Crippen molar-refractivity contribution in [1.82, 2.24) is 19.4 Å². The summed E-state index contributed by atoms with van der Waals surface area (Å²) in [5.74, 6) is -0.208. The van der Waals surface area contributed by atoms with Crippen LogP contribution in [0.3, 0.4) is 0 Å². The number of aromatic nitrogens is 3. The Morgan fingerprint density at radius 1 is 1.20 bits per heavy atom.